The topological polar surface area (TPSA) is 63.6 Å². The fourth-order valence-electron chi connectivity index (χ4n) is 1.59. The Hall–Kier alpha value is -2.36. The minimum absolute atomic E-state index is 0.0849. The second kappa shape index (κ2) is 4.49. The highest BCUT2D eigenvalue weighted by Crippen LogP contribution is 2.28. The Morgan fingerprint density at radius 1 is 1.22 bits per heavy atom. The molecule has 4 heteroatoms. The normalized spacial score (nSPS) is 17.2. The molecule has 0 atom stereocenters. The Kier molecular flexibility index (Phi) is 3.02. The molecule has 0 aromatic heterocycles. The van der Waals surface area contributed by atoms with Crippen molar-refractivity contribution in [3.8, 4) is 0 Å². The lowest BCUT2D eigenvalue weighted by atomic mass is 10.1. The SMILES string of the molecule is CC(C(=O)O)=C1OC(c2ccc(C)cc2)=CC1=O. The van der Waals surface area contributed by atoms with Gasteiger partial charge in [0.1, 0.15) is 5.76 Å². The van der Waals surface area contributed by atoms with Crippen LogP contribution in [-0.2, 0) is 14.3 Å². The number of carbonyl (C=O) groups excluding carboxylic acids is 1. The van der Waals surface area contributed by atoms with Gasteiger partial charge in [0.15, 0.2) is 5.76 Å². The number of benzene rings is 1. The Labute approximate surface area is 104 Å². The van der Waals surface area contributed by atoms with Crippen LogP contribution in [0.4, 0.5) is 0 Å². The molecule has 0 fully saturated rings. The molecule has 0 aliphatic carbocycles. The molecule has 0 saturated carbocycles. The summed E-state index contributed by atoms with van der Waals surface area (Å²) in [5.74, 6) is -1.30. The fraction of sp³-hybridized carbons (Fsp3) is 0.143. The van der Waals surface area contributed by atoms with E-state index in [1.165, 1.54) is 13.0 Å². The van der Waals surface area contributed by atoms with Crippen molar-refractivity contribution in [2.75, 3.05) is 0 Å². The minimum atomic E-state index is -1.16. The average molecular weight is 244 g/mol. The molecule has 92 valence electrons. The second-order valence-corrected chi connectivity index (χ2v) is 4.10. The van der Waals surface area contributed by atoms with Gasteiger partial charge in [0.05, 0.1) is 5.57 Å². The number of aryl methyl sites for hydroxylation is 1. The lowest BCUT2D eigenvalue weighted by molar-refractivity contribution is -0.133. The summed E-state index contributed by atoms with van der Waals surface area (Å²) in [6, 6.07) is 7.45. The van der Waals surface area contributed by atoms with E-state index in [9.17, 15) is 9.59 Å². The largest absolute Gasteiger partial charge is 0.478 e. The van der Waals surface area contributed by atoms with Crippen molar-refractivity contribution < 1.29 is 19.4 Å². The van der Waals surface area contributed by atoms with Crippen LogP contribution in [0.25, 0.3) is 5.76 Å². The Morgan fingerprint density at radius 3 is 2.39 bits per heavy atom. The van der Waals surface area contributed by atoms with Gasteiger partial charge in [-0.1, -0.05) is 29.8 Å². The highest BCUT2D eigenvalue weighted by atomic mass is 16.5. The van der Waals surface area contributed by atoms with Crippen molar-refractivity contribution in [2.24, 2.45) is 0 Å². The highest BCUT2D eigenvalue weighted by Gasteiger charge is 2.26. The van der Waals surface area contributed by atoms with Crippen LogP contribution in [-0.4, -0.2) is 16.9 Å². The number of carboxylic acid groups (broad SMARTS) is 1. The van der Waals surface area contributed by atoms with Gasteiger partial charge in [-0.25, -0.2) is 4.79 Å². The zero-order valence-electron chi connectivity index (χ0n) is 10.1. The zero-order valence-corrected chi connectivity index (χ0v) is 10.1. The van der Waals surface area contributed by atoms with Gasteiger partial charge in [0.2, 0.25) is 5.78 Å². The maximum atomic E-state index is 11.6. The molecule has 0 spiro atoms. The predicted molar refractivity (Wildman–Crippen MR) is 65.6 cm³/mol. The van der Waals surface area contributed by atoms with Crippen LogP contribution in [0.15, 0.2) is 41.7 Å². The standard InChI is InChI=1S/C14H12O4/c1-8-3-5-10(6-4-8)12-7-11(15)13(18-12)9(2)14(16)17/h3-7H,1-2H3,(H,16,17). The van der Waals surface area contributed by atoms with Crippen molar-refractivity contribution in [1.29, 1.82) is 0 Å². The number of rotatable bonds is 2. The van der Waals surface area contributed by atoms with E-state index in [0.717, 1.165) is 11.1 Å². The van der Waals surface area contributed by atoms with Gasteiger partial charge >= 0.3 is 5.97 Å². The van der Waals surface area contributed by atoms with Crippen molar-refractivity contribution in [3.05, 3.63) is 52.8 Å². The van der Waals surface area contributed by atoms with E-state index in [4.69, 9.17) is 9.84 Å². The summed E-state index contributed by atoms with van der Waals surface area (Å²) in [4.78, 5) is 22.5. The number of hydrogen-bond acceptors (Lipinski definition) is 3. The number of allylic oxidation sites excluding steroid dienone is 1. The van der Waals surface area contributed by atoms with Crippen LogP contribution in [0.2, 0.25) is 0 Å². The van der Waals surface area contributed by atoms with Crippen molar-refractivity contribution >= 4 is 17.5 Å². The average Bonchev–Trinajstić information content (AvgIpc) is 2.71. The third-order valence-corrected chi connectivity index (χ3v) is 2.70. The molecule has 0 unspecified atom stereocenters. The number of ether oxygens (including phenoxy) is 1. The number of aliphatic carboxylic acids is 1. The number of carbonyl (C=O) groups is 2. The van der Waals surface area contributed by atoms with Gasteiger partial charge in [-0.2, -0.15) is 0 Å². The van der Waals surface area contributed by atoms with Crippen LogP contribution in [0.5, 0.6) is 0 Å². The lowest BCUT2D eigenvalue weighted by Crippen LogP contribution is -2.05. The van der Waals surface area contributed by atoms with Crippen LogP contribution in [0, 0.1) is 6.92 Å². The van der Waals surface area contributed by atoms with E-state index in [0.29, 0.717) is 5.76 Å². The summed E-state index contributed by atoms with van der Waals surface area (Å²) in [7, 11) is 0. The van der Waals surface area contributed by atoms with Gasteiger partial charge in [0, 0.05) is 11.6 Å². The van der Waals surface area contributed by atoms with E-state index in [-0.39, 0.29) is 11.3 Å². The van der Waals surface area contributed by atoms with E-state index in [1.807, 2.05) is 31.2 Å². The third-order valence-electron chi connectivity index (χ3n) is 2.70. The summed E-state index contributed by atoms with van der Waals surface area (Å²) < 4.78 is 5.33. The van der Waals surface area contributed by atoms with Crippen LogP contribution >= 0.6 is 0 Å². The first-order valence-corrected chi connectivity index (χ1v) is 5.44. The molecule has 1 N–H and O–H groups in total. The monoisotopic (exact) mass is 244 g/mol. The molecule has 1 aromatic carbocycles. The molecular formula is C14H12O4. The quantitative estimate of drug-likeness (QED) is 0.811. The molecule has 0 radical (unpaired) electrons. The number of hydrogen-bond donors (Lipinski definition) is 1. The van der Waals surface area contributed by atoms with Crippen LogP contribution in [0.1, 0.15) is 18.1 Å². The highest BCUT2D eigenvalue weighted by molar-refractivity contribution is 6.13. The fourth-order valence-corrected chi connectivity index (χ4v) is 1.59. The first-order chi connectivity index (χ1) is 8.49. The molecule has 18 heavy (non-hydrogen) atoms. The molecule has 0 amide bonds. The van der Waals surface area contributed by atoms with Gasteiger partial charge in [-0.3, -0.25) is 4.79 Å². The van der Waals surface area contributed by atoms with Crippen LogP contribution < -0.4 is 0 Å². The van der Waals surface area contributed by atoms with Gasteiger partial charge in [-0.15, -0.1) is 0 Å². The zero-order chi connectivity index (χ0) is 13.3. The molecular weight excluding hydrogens is 232 g/mol. The first-order valence-electron chi connectivity index (χ1n) is 5.44. The molecule has 1 aromatic rings. The first kappa shape index (κ1) is 12.1. The van der Waals surface area contributed by atoms with E-state index >= 15 is 0 Å². The summed E-state index contributed by atoms with van der Waals surface area (Å²) in [6.45, 7) is 3.31. The molecule has 0 bridgehead atoms. The Morgan fingerprint density at radius 2 is 1.83 bits per heavy atom. The lowest BCUT2D eigenvalue weighted by Gasteiger charge is -2.05. The van der Waals surface area contributed by atoms with Gasteiger partial charge < -0.3 is 9.84 Å². The van der Waals surface area contributed by atoms with Gasteiger partial charge in [-0.05, 0) is 13.8 Å². The molecule has 0 saturated heterocycles. The van der Waals surface area contributed by atoms with Gasteiger partial charge in [0.25, 0.3) is 0 Å². The van der Waals surface area contributed by atoms with Crippen molar-refractivity contribution in [1.82, 2.24) is 0 Å². The second-order valence-electron chi connectivity index (χ2n) is 4.10. The summed E-state index contributed by atoms with van der Waals surface area (Å²) in [5, 5.41) is 8.84. The molecule has 2 rings (SSSR count). The maximum absolute atomic E-state index is 11.6. The van der Waals surface area contributed by atoms with Crippen molar-refractivity contribution in [3.63, 3.8) is 0 Å². The van der Waals surface area contributed by atoms with E-state index in [2.05, 4.69) is 0 Å². The molecule has 1 heterocycles. The van der Waals surface area contributed by atoms with Crippen LogP contribution in [0.3, 0.4) is 0 Å². The Balaban J connectivity index is 2.33. The Bertz CT molecular complexity index is 576. The third kappa shape index (κ3) is 2.18. The number of carboxylic acids is 1. The molecule has 4 nitrogen and oxygen atoms in total. The summed E-state index contributed by atoms with van der Waals surface area (Å²) in [6.07, 6.45) is 1.31. The van der Waals surface area contributed by atoms with E-state index in [1.54, 1.807) is 0 Å². The summed E-state index contributed by atoms with van der Waals surface area (Å²) in [5.41, 5.74) is 1.77. The van der Waals surface area contributed by atoms with Crippen molar-refractivity contribution in [2.45, 2.75) is 13.8 Å². The molecule has 1 aliphatic heterocycles. The molecule has 1 aliphatic rings. The minimum Gasteiger partial charge on any atom is -0.478 e. The smallest absolute Gasteiger partial charge is 0.335 e. The maximum Gasteiger partial charge on any atom is 0.335 e. The number of ketones is 1. The summed E-state index contributed by atoms with van der Waals surface area (Å²) >= 11 is 0. The van der Waals surface area contributed by atoms with E-state index < -0.39 is 11.8 Å². The predicted octanol–water partition coefficient (Wildman–Crippen LogP) is 2.29.